The van der Waals surface area contributed by atoms with Gasteiger partial charge in [-0.2, -0.15) is 0 Å². The maximum atomic E-state index is 13.5. The second kappa shape index (κ2) is 9.58. The van der Waals surface area contributed by atoms with Gasteiger partial charge in [0.15, 0.2) is 5.69 Å². The first kappa shape index (κ1) is 22.0. The lowest BCUT2D eigenvalue weighted by molar-refractivity contribution is 0.0303. The van der Waals surface area contributed by atoms with Crippen molar-refractivity contribution in [2.24, 2.45) is 0 Å². The van der Waals surface area contributed by atoms with Gasteiger partial charge in [-0.05, 0) is 30.2 Å². The Balaban J connectivity index is 1.48. The van der Waals surface area contributed by atoms with E-state index in [4.69, 9.17) is 4.74 Å². The summed E-state index contributed by atoms with van der Waals surface area (Å²) in [6.07, 6.45) is 1.58. The van der Waals surface area contributed by atoms with Gasteiger partial charge in [0.1, 0.15) is 5.00 Å². The Bertz CT molecular complexity index is 1310. The van der Waals surface area contributed by atoms with E-state index in [-0.39, 0.29) is 11.6 Å². The van der Waals surface area contributed by atoms with E-state index in [2.05, 4.69) is 15.6 Å². The number of morpholine rings is 1. The van der Waals surface area contributed by atoms with Crippen LogP contribution in [0.15, 0.2) is 66.9 Å². The lowest BCUT2D eigenvalue weighted by Gasteiger charge is -2.27. The summed E-state index contributed by atoms with van der Waals surface area (Å²) < 4.78 is 6.95. The second-order valence-electron chi connectivity index (χ2n) is 7.87. The monoisotopic (exact) mass is 473 g/mol. The van der Waals surface area contributed by atoms with Crippen molar-refractivity contribution in [2.45, 2.75) is 6.92 Å². The van der Waals surface area contributed by atoms with Crippen molar-refractivity contribution in [1.29, 1.82) is 0 Å². The molecule has 1 saturated heterocycles. The fourth-order valence-electron chi connectivity index (χ4n) is 3.89. The number of benzene rings is 2. The highest BCUT2D eigenvalue weighted by atomic mass is 32.1. The molecule has 1 aliphatic rings. The Morgan fingerprint density at radius 2 is 1.68 bits per heavy atom. The van der Waals surface area contributed by atoms with Crippen molar-refractivity contribution in [3.05, 3.63) is 83.7 Å². The van der Waals surface area contributed by atoms with Gasteiger partial charge in [0, 0.05) is 18.0 Å². The van der Waals surface area contributed by atoms with Crippen LogP contribution in [0.5, 0.6) is 0 Å². The highest BCUT2D eigenvalue weighted by molar-refractivity contribution is 7.20. The van der Waals surface area contributed by atoms with E-state index in [1.54, 1.807) is 15.8 Å². The molecule has 0 unspecified atom stereocenters. The van der Waals surface area contributed by atoms with Gasteiger partial charge in [-0.25, -0.2) is 4.68 Å². The number of amides is 2. The average Bonchev–Trinajstić information content (AvgIpc) is 3.50. The summed E-state index contributed by atoms with van der Waals surface area (Å²) in [7, 11) is 0. The first-order valence-corrected chi connectivity index (χ1v) is 11.8. The minimum absolute atomic E-state index is 0.109. The number of nitrogens with one attached hydrogen (secondary N) is 1. The van der Waals surface area contributed by atoms with E-state index in [1.165, 1.54) is 11.3 Å². The molecule has 34 heavy (non-hydrogen) atoms. The smallest absolute Gasteiger partial charge is 0.278 e. The normalized spacial score (nSPS) is 13.6. The minimum Gasteiger partial charge on any atom is -0.378 e. The van der Waals surface area contributed by atoms with E-state index in [0.717, 1.165) is 21.7 Å². The van der Waals surface area contributed by atoms with Gasteiger partial charge in [0.2, 0.25) is 0 Å². The predicted octanol–water partition coefficient (Wildman–Crippen LogP) is 4.03. The number of hydrogen-bond acceptors (Lipinski definition) is 6. The van der Waals surface area contributed by atoms with Crippen molar-refractivity contribution in [3.8, 4) is 16.1 Å². The highest BCUT2D eigenvalue weighted by Gasteiger charge is 2.28. The van der Waals surface area contributed by atoms with Crippen molar-refractivity contribution in [1.82, 2.24) is 19.9 Å². The van der Waals surface area contributed by atoms with Crippen molar-refractivity contribution < 1.29 is 14.3 Å². The molecule has 0 atom stereocenters. The van der Waals surface area contributed by atoms with Crippen LogP contribution in [0.4, 0.5) is 5.00 Å². The number of aromatic nitrogens is 3. The van der Waals surface area contributed by atoms with Crippen LogP contribution in [0.3, 0.4) is 0 Å². The minimum atomic E-state index is -0.418. The fraction of sp³-hybridized carbons (Fsp3) is 0.200. The standard InChI is InChI=1S/C25H23N5O3S/c1-17-21(25(32)29-12-14-33-15-13-29)24(34-22(17)18-8-4-2-5-9-18)26-23(31)20-16-30(28-27-20)19-10-6-3-7-11-19/h2-11,16H,12-15H2,1H3,(H,26,31). The molecule has 5 rings (SSSR count). The van der Waals surface area contributed by atoms with Gasteiger partial charge in [-0.15, -0.1) is 16.4 Å². The summed E-state index contributed by atoms with van der Waals surface area (Å²) in [6, 6.07) is 19.3. The molecule has 2 aromatic heterocycles. The Kier molecular flexibility index (Phi) is 6.20. The van der Waals surface area contributed by atoms with Gasteiger partial charge in [-0.1, -0.05) is 53.7 Å². The molecule has 0 aliphatic carbocycles. The van der Waals surface area contributed by atoms with Crippen LogP contribution >= 0.6 is 11.3 Å². The van der Waals surface area contributed by atoms with E-state index in [9.17, 15) is 9.59 Å². The van der Waals surface area contributed by atoms with Crippen molar-refractivity contribution >= 4 is 28.2 Å². The highest BCUT2D eigenvalue weighted by Crippen LogP contribution is 2.40. The average molecular weight is 474 g/mol. The molecule has 4 aromatic rings. The Hall–Kier alpha value is -3.82. The van der Waals surface area contributed by atoms with Crippen LogP contribution < -0.4 is 5.32 Å². The number of nitrogens with zero attached hydrogens (tertiary/aromatic N) is 4. The lowest BCUT2D eigenvalue weighted by atomic mass is 10.1. The van der Waals surface area contributed by atoms with E-state index < -0.39 is 5.91 Å². The number of anilines is 1. The summed E-state index contributed by atoms with van der Waals surface area (Å²) in [5, 5.41) is 11.5. The molecular weight excluding hydrogens is 450 g/mol. The Labute approximate surface area is 200 Å². The quantitative estimate of drug-likeness (QED) is 0.473. The van der Waals surface area contributed by atoms with Gasteiger partial charge < -0.3 is 15.0 Å². The summed E-state index contributed by atoms with van der Waals surface area (Å²) >= 11 is 1.39. The van der Waals surface area contributed by atoms with Crippen molar-refractivity contribution in [3.63, 3.8) is 0 Å². The number of carbonyl (C=O) groups excluding carboxylic acids is 2. The van der Waals surface area contributed by atoms with Crippen molar-refractivity contribution in [2.75, 3.05) is 31.6 Å². The maximum absolute atomic E-state index is 13.5. The Morgan fingerprint density at radius 3 is 2.38 bits per heavy atom. The van der Waals surface area contributed by atoms with Gasteiger partial charge >= 0.3 is 0 Å². The molecule has 8 nitrogen and oxygen atoms in total. The van der Waals surface area contributed by atoms with E-state index in [0.29, 0.717) is 36.9 Å². The summed E-state index contributed by atoms with van der Waals surface area (Å²) in [5.41, 5.74) is 3.32. The summed E-state index contributed by atoms with van der Waals surface area (Å²) in [4.78, 5) is 29.3. The molecule has 1 aliphatic heterocycles. The molecule has 2 aromatic carbocycles. The summed E-state index contributed by atoms with van der Waals surface area (Å²) in [5.74, 6) is -0.526. The maximum Gasteiger partial charge on any atom is 0.278 e. The predicted molar refractivity (Wildman–Crippen MR) is 131 cm³/mol. The molecule has 1 N–H and O–H groups in total. The molecule has 0 bridgehead atoms. The Morgan fingerprint density at radius 1 is 1.00 bits per heavy atom. The molecule has 0 saturated carbocycles. The van der Waals surface area contributed by atoms with Crippen LogP contribution in [0.2, 0.25) is 0 Å². The van der Waals surface area contributed by atoms with Gasteiger partial charge in [0.05, 0.1) is 30.7 Å². The molecule has 0 radical (unpaired) electrons. The molecule has 2 amide bonds. The third kappa shape index (κ3) is 4.35. The zero-order valence-electron chi connectivity index (χ0n) is 18.6. The van der Waals surface area contributed by atoms with Crippen LogP contribution in [-0.2, 0) is 4.74 Å². The molecule has 3 heterocycles. The number of hydrogen-bond donors (Lipinski definition) is 1. The summed E-state index contributed by atoms with van der Waals surface area (Å²) in [6.45, 7) is 3.98. The number of rotatable bonds is 5. The van der Waals surface area contributed by atoms with Gasteiger partial charge in [-0.3, -0.25) is 9.59 Å². The van der Waals surface area contributed by atoms with E-state index in [1.807, 2.05) is 67.6 Å². The SMILES string of the molecule is Cc1c(-c2ccccc2)sc(NC(=O)c2cn(-c3ccccc3)nn2)c1C(=O)N1CCOCC1. The van der Waals surface area contributed by atoms with E-state index >= 15 is 0 Å². The fourth-order valence-corrected chi connectivity index (χ4v) is 5.09. The zero-order valence-corrected chi connectivity index (χ0v) is 19.4. The van der Waals surface area contributed by atoms with Crippen LogP contribution in [0.1, 0.15) is 26.4 Å². The third-order valence-corrected chi connectivity index (χ3v) is 6.93. The molecule has 172 valence electrons. The second-order valence-corrected chi connectivity index (χ2v) is 8.89. The first-order valence-electron chi connectivity index (χ1n) is 11.0. The largest absolute Gasteiger partial charge is 0.378 e. The molecular formula is C25H23N5O3S. The molecule has 9 heteroatoms. The molecule has 0 spiro atoms. The number of ether oxygens (including phenoxy) is 1. The van der Waals surface area contributed by atoms with Crippen LogP contribution in [0.25, 0.3) is 16.1 Å². The number of thiophene rings is 1. The van der Waals surface area contributed by atoms with Crippen LogP contribution in [0, 0.1) is 6.92 Å². The molecule has 1 fully saturated rings. The topological polar surface area (TPSA) is 89.3 Å². The van der Waals surface area contributed by atoms with Crippen LogP contribution in [-0.4, -0.2) is 58.0 Å². The number of carbonyl (C=O) groups is 2. The third-order valence-electron chi connectivity index (χ3n) is 5.67. The lowest BCUT2D eigenvalue weighted by Crippen LogP contribution is -2.41. The van der Waals surface area contributed by atoms with Gasteiger partial charge in [0.25, 0.3) is 11.8 Å². The first-order chi connectivity index (χ1) is 16.6. The zero-order chi connectivity index (χ0) is 23.5. The number of para-hydroxylation sites is 1.